The molecule has 0 spiro atoms. The van der Waals surface area contributed by atoms with E-state index in [0.717, 1.165) is 5.56 Å². The highest BCUT2D eigenvalue weighted by Gasteiger charge is 2.09. The number of hydrogen-bond acceptors (Lipinski definition) is 2. The number of halogens is 2. The summed E-state index contributed by atoms with van der Waals surface area (Å²) in [5.41, 5.74) is 5.89. The van der Waals surface area contributed by atoms with Crippen LogP contribution in [0.25, 0.3) is 0 Å². The van der Waals surface area contributed by atoms with Crippen LogP contribution in [0, 0.1) is 5.82 Å². The lowest BCUT2D eigenvalue weighted by Crippen LogP contribution is -2.32. The van der Waals surface area contributed by atoms with Crippen LogP contribution >= 0.6 is 11.6 Å². The van der Waals surface area contributed by atoms with E-state index in [0.29, 0.717) is 0 Å². The Morgan fingerprint density at radius 2 is 2.33 bits per heavy atom. The minimum atomic E-state index is -0.474. The highest BCUT2D eigenvalue weighted by atomic mass is 35.5. The van der Waals surface area contributed by atoms with Gasteiger partial charge in [0.05, 0.1) is 17.6 Å². The zero-order valence-electron chi connectivity index (χ0n) is 8.26. The molecule has 0 heterocycles. The van der Waals surface area contributed by atoms with Gasteiger partial charge in [0.15, 0.2) is 0 Å². The van der Waals surface area contributed by atoms with Gasteiger partial charge in [0.2, 0.25) is 5.91 Å². The van der Waals surface area contributed by atoms with E-state index >= 15 is 0 Å². The van der Waals surface area contributed by atoms with Gasteiger partial charge < -0.3 is 11.1 Å². The van der Waals surface area contributed by atoms with Gasteiger partial charge in [-0.1, -0.05) is 17.7 Å². The predicted octanol–water partition coefficient (Wildman–Crippen LogP) is 1.61. The first-order valence-corrected chi connectivity index (χ1v) is 4.86. The van der Waals surface area contributed by atoms with Gasteiger partial charge in [-0.3, -0.25) is 4.79 Å². The number of benzene rings is 1. The second kappa shape index (κ2) is 5.09. The van der Waals surface area contributed by atoms with Crippen LogP contribution in [0.2, 0.25) is 5.02 Å². The van der Waals surface area contributed by atoms with E-state index in [9.17, 15) is 9.18 Å². The first-order chi connectivity index (χ1) is 7.04. The van der Waals surface area contributed by atoms with Gasteiger partial charge >= 0.3 is 0 Å². The lowest BCUT2D eigenvalue weighted by Gasteiger charge is -2.13. The van der Waals surface area contributed by atoms with Crippen molar-refractivity contribution in [2.45, 2.75) is 13.0 Å². The molecule has 0 saturated carbocycles. The van der Waals surface area contributed by atoms with Crippen LogP contribution in [-0.2, 0) is 4.79 Å². The van der Waals surface area contributed by atoms with Gasteiger partial charge in [0, 0.05) is 0 Å². The fraction of sp³-hybridized carbons (Fsp3) is 0.300. The van der Waals surface area contributed by atoms with E-state index in [2.05, 4.69) is 5.32 Å². The standard InChI is InChI=1S/C10H12ClFN2O/c1-6(14-10(15)5-13)7-2-3-9(12)8(11)4-7/h2-4,6H,5,13H2,1H3,(H,14,15). The molecule has 1 aromatic carbocycles. The van der Waals surface area contributed by atoms with Crippen LogP contribution in [0.5, 0.6) is 0 Å². The smallest absolute Gasteiger partial charge is 0.234 e. The summed E-state index contributed by atoms with van der Waals surface area (Å²) in [6.07, 6.45) is 0. The number of carbonyl (C=O) groups is 1. The summed E-state index contributed by atoms with van der Waals surface area (Å²) in [4.78, 5) is 11.0. The maximum absolute atomic E-state index is 12.9. The Morgan fingerprint density at radius 3 is 2.87 bits per heavy atom. The third-order valence-corrected chi connectivity index (χ3v) is 2.30. The van der Waals surface area contributed by atoms with Crippen molar-refractivity contribution in [3.8, 4) is 0 Å². The van der Waals surface area contributed by atoms with E-state index in [1.807, 2.05) is 0 Å². The summed E-state index contributed by atoms with van der Waals surface area (Å²) >= 11 is 5.62. The van der Waals surface area contributed by atoms with Crippen LogP contribution in [-0.4, -0.2) is 12.5 Å². The maximum Gasteiger partial charge on any atom is 0.234 e. The average molecular weight is 231 g/mol. The molecule has 0 aliphatic carbocycles. The Labute approximate surface area is 92.4 Å². The second-order valence-electron chi connectivity index (χ2n) is 3.17. The van der Waals surface area contributed by atoms with Crippen LogP contribution < -0.4 is 11.1 Å². The molecule has 0 aliphatic rings. The lowest BCUT2D eigenvalue weighted by molar-refractivity contribution is -0.120. The Bertz CT molecular complexity index is 370. The first kappa shape index (κ1) is 11.9. The number of hydrogen-bond donors (Lipinski definition) is 2. The average Bonchev–Trinajstić information content (AvgIpc) is 2.21. The summed E-state index contributed by atoms with van der Waals surface area (Å²) < 4.78 is 12.9. The minimum Gasteiger partial charge on any atom is -0.348 e. The molecule has 1 atom stereocenters. The van der Waals surface area contributed by atoms with E-state index < -0.39 is 5.82 Å². The molecule has 82 valence electrons. The summed E-state index contributed by atoms with van der Waals surface area (Å²) in [5.74, 6) is -0.735. The number of nitrogens with one attached hydrogen (secondary N) is 1. The Kier molecular flexibility index (Phi) is 4.05. The fourth-order valence-corrected chi connectivity index (χ4v) is 1.35. The number of rotatable bonds is 3. The molecule has 0 fully saturated rings. The van der Waals surface area contributed by atoms with Crippen molar-refractivity contribution < 1.29 is 9.18 Å². The Hall–Kier alpha value is -1.13. The highest BCUT2D eigenvalue weighted by Crippen LogP contribution is 2.20. The van der Waals surface area contributed by atoms with Gasteiger partial charge in [0.1, 0.15) is 5.82 Å². The molecule has 3 N–H and O–H groups in total. The third kappa shape index (κ3) is 3.18. The normalized spacial score (nSPS) is 12.3. The number of nitrogens with two attached hydrogens (primary N) is 1. The molecule has 0 bridgehead atoms. The molecule has 1 rings (SSSR count). The minimum absolute atomic E-state index is 0.0429. The zero-order valence-corrected chi connectivity index (χ0v) is 9.01. The number of amides is 1. The molecular formula is C10H12ClFN2O. The molecular weight excluding hydrogens is 219 g/mol. The van der Waals surface area contributed by atoms with Crippen molar-refractivity contribution >= 4 is 17.5 Å². The zero-order chi connectivity index (χ0) is 11.4. The molecule has 1 aromatic rings. The van der Waals surface area contributed by atoms with Gasteiger partial charge in [-0.2, -0.15) is 0 Å². The molecule has 1 unspecified atom stereocenters. The van der Waals surface area contributed by atoms with Crippen molar-refractivity contribution in [2.24, 2.45) is 5.73 Å². The topological polar surface area (TPSA) is 55.1 Å². The first-order valence-electron chi connectivity index (χ1n) is 4.49. The van der Waals surface area contributed by atoms with Gasteiger partial charge in [-0.15, -0.1) is 0 Å². The van der Waals surface area contributed by atoms with Crippen molar-refractivity contribution in [1.29, 1.82) is 0 Å². The summed E-state index contributed by atoms with van der Waals surface area (Å²) in [7, 11) is 0. The summed E-state index contributed by atoms with van der Waals surface area (Å²) in [5, 5.41) is 2.69. The number of carbonyl (C=O) groups excluding carboxylic acids is 1. The third-order valence-electron chi connectivity index (χ3n) is 2.01. The van der Waals surface area contributed by atoms with E-state index in [1.54, 1.807) is 13.0 Å². The monoisotopic (exact) mass is 230 g/mol. The van der Waals surface area contributed by atoms with Crippen LogP contribution in [0.15, 0.2) is 18.2 Å². The van der Waals surface area contributed by atoms with Gasteiger partial charge in [-0.25, -0.2) is 4.39 Å². The Morgan fingerprint density at radius 1 is 1.67 bits per heavy atom. The predicted molar refractivity (Wildman–Crippen MR) is 57.0 cm³/mol. The largest absolute Gasteiger partial charge is 0.348 e. The van der Waals surface area contributed by atoms with E-state index in [1.165, 1.54) is 12.1 Å². The van der Waals surface area contributed by atoms with Crippen LogP contribution in [0.4, 0.5) is 4.39 Å². The maximum atomic E-state index is 12.9. The van der Waals surface area contributed by atoms with E-state index in [4.69, 9.17) is 17.3 Å². The van der Waals surface area contributed by atoms with E-state index in [-0.39, 0.29) is 23.5 Å². The van der Waals surface area contributed by atoms with Crippen molar-refractivity contribution in [2.75, 3.05) is 6.54 Å². The van der Waals surface area contributed by atoms with Crippen molar-refractivity contribution in [3.63, 3.8) is 0 Å². The SMILES string of the molecule is CC(NC(=O)CN)c1ccc(F)c(Cl)c1. The molecule has 5 heteroatoms. The van der Waals surface area contributed by atoms with Crippen LogP contribution in [0.3, 0.4) is 0 Å². The molecule has 0 saturated heterocycles. The lowest BCUT2D eigenvalue weighted by atomic mass is 10.1. The van der Waals surface area contributed by atoms with Crippen LogP contribution in [0.1, 0.15) is 18.5 Å². The molecule has 15 heavy (non-hydrogen) atoms. The summed E-state index contributed by atoms with van der Waals surface area (Å²) in [6, 6.07) is 4.09. The molecule has 0 radical (unpaired) electrons. The van der Waals surface area contributed by atoms with Gasteiger partial charge in [-0.05, 0) is 24.6 Å². The highest BCUT2D eigenvalue weighted by molar-refractivity contribution is 6.30. The second-order valence-corrected chi connectivity index (χ2v) is 3.57. The quantitative estimate of drug-likeness (QED) is 0.829. The van der Waals surface area contributed by atoms with Crippen molar-refractivity contribution in [1.82, 2.24) is 5.32 Å². The molecule has 3 nitrogen and oxygen atoms in total. The molecule has 0 aliphatic heterocycles. The fourth-order valence-electron chi connectivity index (χ4n) is 1.17. The van der Waals surface area contributed by atoms with Gasteiger partial charge in [0.25, 0.3) is 0 Å². The Balaban J connectivity index is 2.78. The molecule has 0 aromatic heterocycles. The summed E-state index contributed by atoms with van der Waals surface area (Å²) in [6.45, 7) is 1.70. The van der Waals surface area contributed by atoms with Crippen molar-refractivity contribution in [3.05, 3.63) is 34.6 Å². The molecule has 1 amide bonds.